The van der Waals surface area contributed by atoms with Gasteiger partial charge in [-0.15, -0.1) is 0 Å². The number of aliphatic hydroxyl groups excluding tert-OH is 2. The maximum absolute atomic E-state index is 11.6. The second-order valence-corrected chi connectivity index (χ2v) is 3.64. The summed E-state index contributed by atoms with van der Waals surface area (Å²) in [7, 11) is 0. The summed E-state index contributed by atoms with van der Waals surface area (Å²) in [6.07, 6.45) is -1.72. The molecule has 0 saturated heterocycles. The van der Waals surface area contributed by atoms with Crippen LogP contribution in [0, 0.1) is 0 Å². The summed E-state index contributed by atoms with van der Waals surface area (Å²) in [5.41, 5.74) is 0.169. The van der Waals surface area contributed by atoms with E-state index in [9.17, 15) is 9.90 Å². The van der Waals surface area contributed by atoms with Crippen LogP contribution in [-0.4, -0.2) is 38.9 Å². The van der Waals surface area contributed by atoms with Crippen molar-refractivity contribution in [1.29, 1.82) is 0 Å². The van der Waals surface area contributed by atoms with Gasteiger partial charge in [0.05, 0.1) is 6.61 Å². The number of alkyl halides is 1. The minimum atomic E-state index is -2.49. The van der Waals surface area contributed by atoms with Crippen molar-refractivity contribution >= 4 is 17.4 Å². The van der Waals surface area contributed by atoms with Crippen LogP contribution in [0.5, 0.6) is 0 Å². The minimum absolute atomic E-state index is 0.169. The highest BCUT2D eigenvalue weighted by Gasteiger charge is 2.41. The highest BCUT2D eigenvalue weighted by atomic mass is 35.5. The first-order chi connectivity index (χ1) is 7.00. The summed E-state index contributed by atoms with van der Waals surface area (Å²) >= 11 is 5.47. The number of rotatable bonds is 4. The molecule has 4 nitrogen and oxygen atoms in total. The van der Waals surface area contributed by atoms with Crippen LogP contribution >= 0.6 is 11.6 Å². The molecule has 0 spiro atoms. The lowest BCUT2D eigenvalue weighted by Gasteiger charge is -2.23. The standard InChI is InChI=1S/C10H11ClO4/c11-10(15,8(13)6-12)9(14)7-4-2-1-3-5-7/h1-5,8,12-13,15H,6H2. The Morgan fingerprint density at radius 1 is 1.40 bits per heavy atom. The van der Waals surface area contributed by atoms with Crippen LogP contribution in [-0.2, 0) is 0 Å². The van der Waals surface area contributed by atoms with E-state index in [2.05, 4.69) is 0 Å². The van der Waals surface area contributed by atoms with Crippen LogP contribution in [0.4, 0.5) is 0 Å². The van der Waals surface area contributed by atoms with Gasteiger partial charge in [0.25, 0.3) is 0 Å². The second-order valence-electron chi connectivity index (χ2n) is 3.07. The average molecular weight is 231 g/mol. The molecule has 0 saturated carbocycles. The fraction of sp³-hybridized carbons (Fsp3) is 0.300. The molecule has 2 atom stereocenters. The largest absolute Gasteiger partial charge is 0.394 e. The van der Waals surface area contributed by atoms with Crippen molar-refractivity contribution in [3.63, 3.8) is 0 Å². The Hall–Kier alpha value is -0.940. The van der Waals surface area contributed by atoms with Crippen molar-refractivity contribution in [2.45, 2.75) is 11.2 Å². The molecule has 5 heteroatoms. The third kappa shape index (κ3) is 2.54. The van der Waals surface area contributed by atoms with Gasteiger partial charge in [0.15, 0.2) is 0 Å². The van der Waals surface area contributed by atoms with Gasteiger partial charge in [-0.1, -0.05) is 41.9 Å². The summed E-state index contributed by atoms with van der Waals surface area (Å²) in [5, 5.41) is 24.8. The highest BCUT2D eigenvalue weighted by molar-refractivity contribution is 6.37. The molecule has 0 radical (unpaired) electrons. The number of carbonyl (C=O) groups excluding carboxylic acids is 1. The fourth-order valence-electron chi connectivity index (χ4n) is 1.06. The number of benzene rings is 1. The molecule has 0 fully saturated rings. The second kappa shape index (κ2) is 4.72. The molecular formula is C10H11ClO4. The summed E-state index contributed by atoms with van der Waals surface area (Å²) in [6.45, 7) is -0.793. The molecule has 0 heterocycles. The minimum Gasteiger partial charge on any atom is -0.394 e. The Labute approximate surface area is 91.7 Å². The number of aliphatic hydroxyl groups is 3. The third-order valence-corrected chi connectivity index (χ3v) is 2.39. The monoisotopic (exact) mass is 230 g/mol. The van der Waals surface area contributed by atoms with E-state index < -0.39 is 23.6 Å². The normalized spacial score (nSPS) is 16.8. The molecule has 82 valence electrons. The Kier molecular flexibility index (Phi) is 3.82. The van der Waals surface area contributed by atoms with E-state index in [1.807, 2.05) is 0 Å². The van der Waals surface area contributed by atoms with Crippen LogP contribution in [0.15, 0.2) is 30.3 Å². The molecule has 0 aliphatic heterocycles. The van der Waals surface area contributed by atoms with Crippen LogP contribution in [0.2, 0.25) is 0 Å². The predicted molar refractivity (Wildman–Crippen MR) is 54.7 cm³/mol. The highest BCUT2D eigenvalue weighted by Crippen LogP contribution is 2.22. The Bertz CT molecular complexity index is 337. The van der Waals surface area contributed by atoms with E-state index in [0.717, 1.165) is 0 Å². The number of hydrogen-bond donors (Lipinski definition) is 3. The van der Waals surface area contributed by atoms with E-state index in [1.165, 1.54) is 12.1 Å². The molecular weight excluding hydrogens is 220 g/mol. The van der Waals surface area contributed by atoms with E-state index in [1.54, 1.807) is 18.2 Å². The zero-order chi connectivity index (χ0) is 11.5. The van der Waals surface area contributed by atoms with E-state index in [4.69, 9.17) is 21.8 Å². The quantitative estimate of drug-likeness (QED) is 0.508. The summed E-state index contributed by atoms with van der Waals surface area (Å²) < 4.78 is 0. The summed E-state index contributed by atoms with van der Waals surface area (Å²) in [6, 6.07) is 7.82. The molecule has 1 aromatic rings. The van der Waals surface area contributed by atoms with Gasteiger partial charge in [0.2, 0.25) is 10.8 Å². The van der Waals surface area contributed by atoms with Gasteiger partial charge in [-0.25, -0.2) is 0 Å². The van der Waals surface area contributed by atoms with Gasteiger partial charge in [0.1, 0.15) is 6.10 Å². The maximum Gasteiger partial charge on any atom is 0.230 e. The molecule has 2 unspecified atom stereocenters. The van der Waals surface area contributed by atoms with E-state index in [0.29, 0.717) is 0 Å². The van der Waals surface area contributed by atoms with Crippen LogP contribution < -0.4 is 0 Å². The molecule has 0 aliphatic rings. The molecule has 3 N–H and O–H groups in total. The lowest BCUT2D eigenvalue weighted by Crippen LogP contribution is -2.46. The van der Waals surface area contributed by atoms with Crippen molar-refractivity contribution in [1.82, 2.24) is 0 Å². The Morgan fingerprint density at radius 3 is 2.40 bits per heavy atom. The smallest absolute Gasteiger partial charge is 0.230 e. The Balaban J connectivity index is 2.94. The zero-order valence-electron chi connectivity index (χ0n) is 7.80. The third-order valence-electron chi connectivity index (χ3n) is 1.97. The number of Topliss-reactive ketones (excluding diaryl/α,β-unsaturated/α-hetero) is 1. The first-order valence-corrected chi connectivity index (χ1v) is 4.68. The Morgan fingerprint density at radius 2 is 1.93 bits per heavy atom. The molecule has 1 aromatic carbocycles. The van der Waals surface area contributed by atoms with Crippen molar-refractivity contribution < 1.29 is 20.1 Å². The van der Waals surface area contributed by atoms with Gasteiger partial charge in [-0.05, 0) is 0 Å². The van der Waals surface area contributed by atoms with Crippen LogP contribution in [0.1, 0.15) is 10.4 Å². The molecule has 15 heavy (non-hydrogen) atoms. The maximum atomic E-state index is 11.6. The van der Waals surface area contributed by atoms with Gasteiger partial charge in [-0.3, -0.25) is 4.79 Å². The van der Waals surface area contributed by atoms with Gasteiger partial charge >= 0.3 is 0 Å². The van der Waals surface area contributed by atoms with Gasteiger partial charge in [0, 0.05) is 5.56 Å². The van der Waals surface area contributed by atoms with E-state index >= 15 is 0 Å². The van der Waals surface area contributed by atoms with Crippen LogP contribution in [0.3, 0.4) is 0 Å². The SMILES string of the molecule is O=C(c1ccccc1)C(O)(Cl)C(O)CO. The summed E-state index contributed by atoms with van der Waals surface area (Å²) in [5.74, 6) is -0.841. The van der Waals surface area contributed by atoms with Crippen molar-refractivity contribution in [3.8, 4) is 0 Å². The van der Waals surface area contributed by atoms with E-state index in [-0.39, 0.29) is 5.56 Å². The average Bonchev–Trinajstić information content (AvgIpc) is 2.28. The molecule has 0 amide bonds. The lowest BCUT2D eigenvalue weighted by atomic mass is 10.0. The van der Waals surface area contributed by atoms with Gasteiger partial charge < -0.3 is 15.3 Å². The fourth-order valence-corrected chi connectivity index (χ4v) is 1.24. The summed E-state index contributed by atoms with van der Waals surface area (Å²) in [4.78, 5) is 11.6. The first-order valence-electron chi connectivity index (χ1n) is 4.30. The van der Waals surface area contributed by atoms with Crippen molar-refractivity contribution in [3.05, 3.63) is 35.9 Å². The molecule has 0 bridgehead atoms. The number of halogens is 1. The number of ketones is 1. The van der Waals surface area contributed by atoms with Gasteiger partial charge in [-0.2, -0.15) is 0 Å². The number of carbonyl (C=O) groups is 1. The first kappa shape index (κ1) is 12.1. The van der Waals surface area contributed by atoms with Crippen molar-refractivity contribution in [2.75, 3.05) is 6.61 Å². The molecule has 0 aliphatic carbocycles. The topological polar surface area (TPSA) is 77.8 Å². The van der Waals surface area contributed by atoms with Crippen molar-refractivity contribution in [2.24, 2.45) is 0 Å². The molecule has 1 rings (SSSR count). The number of hydrogen-bond acceptors (Lipinski definition) is 4. The zero-order valence-corrected chi connectivity index (χ0v) is 8.55. The molecule has 0 aromatic heterocycles. The lowest BCUT2D eigenvalue weighted by molar-refractivity contribution is -0.0264. The predicted octanol–water partition coefficient (Wildman–Crippen LogP) is 0.150. The van der Waals surface area contributed by atoms with Crippen LogP contribution in [0.25, 0.3) is 0 Å².